The van der Waals surface area contributed by atoms with Crippen LogP contribution >= 0.6 is 0 Å². The molecule has 7 heteroatoms. The fourth-order valence-electron chi connectivity index (χ4n) is 3.55. The monoisotopic (exact) mass is 327 g/mol. The van der Waals surface area contributed by atoms with E-state index in [1.165, 1.54) is 0 Å². The summed E-state index contributed by atoms with van der Waals surface area (Å²) in [6.07, 6.45) is 6.78. The van der Waals surface area contributed by atoms with Crippen molar-refractivity contribution >= 4 is 5.91 Å². The number of carbonyl (C=O) groups excluding carboxylic acids is 1. The van der Waals surface area contributed by atoms with Crippen LogP contribution in [-0.4, -0.2) is 57.3 Å². The molecule has 1 amide bonds. The number of amides is 1. The Morgan fingerprint density at radius 2 is 2.33 bits per heavy atom. The molecular formula is C17H21N5O2. The number of aromatic nitrogens is 4. The quantitative estimate of drug-likeness (QED) is 0.918. The maximum atomic E-state index is 12.2. The summed E-state index contributed by atoms with van der Waals surface area (Å²) in [4.78, 5) is 22.8. The van der Waals surface area contributed by atoms with Crippen LogP contribution in [0.25, 0.3) is 11.4 Å². The van der Waals surface area contributed by atoms with E-state index in [1.54, 1.807) is 12.4 Å². The van der Waals surface area contributed by atoms with Gasteiger partial charge < -0.3 is 9.64 Å². The highest BCUT2D eigenvalue weighted by molar-refractivity contribution is 5.77. The number of carbonyl (C=O) groups is 1. The minimum Gasteiger partial charge on any atom is -0.381 e. The molecule has 0 aliphatic carbocycles. The molecule has 1 spiro atoms. The summed E-state index contributed by atoms with van der Waals surface area (Å²) < 4.78 is 5.56. The van der Waals surface area contributed by atoms with Gasteiger partial charge in [0.2, 0.25) is 5.91 Å². The number of ether oxygens (including phenoxy) is 1. The molecule has 2 aromatic heterocycles. The molecule has 24 heavy (non-hydrogen) atoms. The van der Waals surface area contributed by atoms with E-state index in [1.807, 2.05) is 17.0 Å². The summed E-state index contributed by atoms with van der Waals surface area (Å²) in [5.41, 5.74) is 1.06. The van der Waals surface area contributed by atoms with Crippen LogP contribution < -0.4 is 0 Å². The van der Waals surface area contributed by atoms with Gasteiger partial charge >= 0.3 is 0 Å². The number of hydrogen-bond acceptors (Lipinski definition) is 5. The summed E-state index contributed by atoms with van der Waals surface area (Å²) in [6, 6.07) is 3.79. The molecule has 126 valence electrons. The second kappa shape index (κ2) is 6.32. The first-order chi connectivity index (χ1) is 11.7. The lowest BCUT2D eigenvalue weighted by molar-refractivity contribution is -0.137. The molecule has 0 radical (unpaired) electrons. The van der Waals surface area contributed by atoms with Crippen LogP contribution in [0.4, 0.5) is 0 Å². The first-order valence-electron chi connectivity index (χ1n) is 8.41. The minimum atomic E-state index is 0.177. The van der Waals surface area contributed by atoms with Crippen molar-refractivity contribution < 1.29 is 9.53 Å². The fourth-order valence-corrected chi connectivity index (χ4v) is 3.55. The lowest BCUT2D eigenvalue weighted by atomic mass is 9.79. The maximum absolute atomic E-state index is 12.2. The molecule has 0 saturated carbocycles. The molecule has 2 aliphatic heterocycles. The van der Waals surface area contributed by atoms with Crippen molar-refractivity contribution in [2.75, 3.05) is 26.3 Å². The average molecular weight is 327 g/mol. The first kappa shape index (κ1) is 15.3. The average Bonchev–Trinajstić information content (AvgIpc) is 3.27. The number of piperidine rings is 1. The SMILES string of the molecule is O=C1CC[C@]2(CCOC2)CN1CCc1nc(-c2cccnc2)n[nH]1. The minimum absolute atomic E-state index is 0.177. The second-order valence-electron chi connectivity index (χ2n) is 6.72. The smallest absolute Gasteiger partial charge is 0.222 e. The molecule has 1 atom stereocenters. The molecule has 2 fully saturated rings. The Kier molecular flexibility index (Phi) is 4.02. The number of hydrogen-bond donors (Lipinski definition) is 1. The number of nitrogens with zero attached hydrogens (tertiary/aromatic N) is 4. The number of rotatable bonds is 4. The molecule has 1 N–H and O–H groups in total. The summed E-state index contributed by atoms with van der Waals surface area (Å²) in [6.45, 7) is 3.07. The molecule has 2 saturated heterocycles. The van der Waals surface area contributed by atoms with E-state index in [0.717, 1.165) is 44.0 Å². The molecule has 4 heterocycles. The third-order valence-electron chi connectivity index (χ3n) is 5.00. The van der Waals surface area contributed by atoms with E-state index < -0.39 is 0 Å². The number of H-pyrrole nitrogens is 1. The number of likely N-dealkylation sites (tertiary alicyclic amines) is 1. The van der Waals surface area contributed by atoms with Crippen molar-refractivity contribution in [3.05, 3.63) is 30.4 Å². The standard InChI is InChI=1S/C17H21N5O2/c23-15-3-5-17(6-9-24-12-17)11-22(15)8-4-14-19-16(21-20-14)13-2-1-7-18-10-13/h1-2,7,10H,3-6,8-9,11-12H2,(H,19,20,21)/t17-/m0/s1. The van der Waals surface area contributed by atoms with Gasteiger partial charge in [-0.15, -0.1) is 0 Å². The largest absolute Gasteiger partial charge is 0.381 e. The van der Waals surface area contributed by atoms with E-state index >= 15 is 0 Å². The van der Waals surface area contributed by atoms with Crippen LogP contribution in [0, 0.1) is 5.41 Å². The number of pyridine rings is 1. The Morgan fingerprint density at radius 1 is 1.38 bits per heavy atom. The van der Waals surface area contributed by atoms with Crippen LogP contribution in [0.3, 0.4) is 0 Å². The maximum Gasteiger partial charge on any atom is 0.222 e. The molecule has 0 unspecified atom stereocenters. The third kappa shape index (κ3) is 3.03. The third-order valence-corrected chi connectivity index (χ3v) is 5.00. The van der Waals surface area contributed by atoms with Crippen LogP contribution in [0.2, 0.25) is 0 Å². The van der Waals surface area contributed by atoms with E-state index in [9.17, 15) is 4.79 Å². The van der Waals surface area contributed by atoms with Crippen LogP contribution in [0.5, 0.6) is 0 Å². The highest BCUT2D eigenvalue weighted by Crippen LogP contribution is 2.38. The van der Waals surface area contributed by atoms with Crippen molar-refractivity contribution in [2.45, 2.75) is 25.7 Å². The van der Waals surface area contributed by atoms with Crippen LogP contribution in [0.1, 0.15) is 25.1 Å². The van der Waals surface area contributed by atoms with Gasteiger partial charge in [-0.3, -0.25) is 14.9 Å². The van der Waals surface area contributed by atoms with E-state index in [2.05, 4.69) is 20.2 Å². The van der Waals surface area contributed by atoms with Gasteiger partial charge in [0.15, 0.2) is 5.82 Å². The van der Waals surface area contributed by atoms with Gasteiger partial charge in [0.1, 0.15) is 5.82 Å². The number of nitrogens with one attached hydrogen (secondary N) is 1. The van der Waals surface area contributed by atoms with Crippen molar-refractivity contribution in [1.29, 1.82) is 0 Å². The summed E-state index contributed by atoms with van der Waals surface area (Å²) in [7, 11) is 0. The molecular weight excluding hydrogens is 306 g/mol. The summed E-state index contributed by atoms with van der Waals surface area (Å²) in [5.74, 6) is 1.67. The highest BCUT2D eigenvalue weighted by atomic mass is 16.5. The lowest BCUT2D eigenvalue weighted by Crippen LogP contribution is -2.47. The van der Waals surface area contributed by atoms with Gasteiger partial charge in [-0.05, 0) is 25.0 Å². The Morgan fingerprint density at radius 3 is 3.12 bits per heavy atom. The number of aromatic amines is 1. The molecule has 2 aliphatic rings. The van der Waals surface area contributed by atoms with E-state index in [4.69, 9.17) is 4.74 Å². The molecule has 0 aromatic carbocycles. The topological polar surface area (TPSA) is 84.0 Å². The van der Waals surface area contributed by atoms with E-state index in [-0.39, 0.29) is 11.3 Å². The zero-order chi connectivity index (χ0) is 16.4. The molecule has 7 nitrogen and oxygen atoms in total. The molecule has 2 aromatic rings. The van der Waals surface area contributed by atoms with Gasteiger partial charge in [-0.2, -0.15) is 5.10 Å². The molecule has 0 bridgehead atoms. The van der Waals surface area contributed by atoms with Crippen LogP contribution in [-0.2, 0) is 16.0 Å². The van der Waals surface area contributed by atoms with Gasteiger partial charge in [-0.25, -0.2) is 4.98 Å². The first-order valence-corrected chi connectivity index (χ1v) is 8.41. The normalized spacial score (nSPS) is 24.0. The lowest BCUT2D eigenvalue weighted by Gasteiger charge is -2.39. The van der Waals surface area contributed by atoms with Crippen molar-refractivity contribution in [3.8, 4) is 11.4 Å². The zero-order valence-corrected chi connectivity index (χ0v) is 13.6. The van der Waals surface area contributed by atoms with Crippen molar-refractivity contribution in [1.82, 2.24) is 25.1 Å². The molecule has 4 rings (SSSR count). The van der Waals surface area contributed by atoms with Crippen molar-refractivity contribution in [3.63, 3.8) is 0 Å². The Bertz CT molecular complexity index is 709. The predicted octanol–water partition coefficient (Wildman–Crippen LogP) is 1.44. The van der Waals surface area contributed by atoms with E-state index in [0.29, 0.717) is 25.2 Å². The fraction of sp³-hybridized carbons (Fsp3) is 0.529. The van der Waals surface area contributed by atoms with Crippen LogP contribution in [0.15, 0.2) is 24.5 Å². The highest BCUT2D eigenvalue weighted by Gasteiger charge is 2.41. The van der Waals surface area contributed by atoms with Gasteiger partial charge in [0, 0.05) is 55.9 Å². The van der Waals surface area contributed by atoms with Gasteiger partial charge in [0.25, 0.3) is 0 Å². The Balaban J connectivity index is 1.39. The predicted molar refractivity (Wildman–Crippen MR) is 87.0 cm³/mol. The van der Waals surface area contributed by atoms with Crippen molar-refractivity contribution in [2.24, 2.45) is 5.41 Å². The zero-order valence-electron chi connectivity index (χ0n) is 13.6. The van der Waals surface area contributed by atoms with Gasteiger partial charge in [-0.1, -0.05) is 0 Å². The Hall–Kier alpha value is -2.28. The summed E-state index contributed by atoms with van der Waals surface area (Å²) in [5, 5.41) is 7.21. The summed E-state index contributed by atoms with van der Waals surface area (Å²) >= 11 is 0. The Labute approximate surface area is 140 Å². The van der Waals surface area contributed by atoms with Gasteiger partial charge in [0.05, 0.1) is 6.61 Å². The second-order valence-corrected chi connectivity index (χ2v) is 6.72.